The summed E-state index contributed by atoms with van der Waals surface area (Å²) in [4.78, 5) is 2.57. The third-order valence-corrected chi connectivity index (χ3v) is 4.16. The zero-order valence-corrected chi connectivity index (χ0v) is 12.0. The van der Waals surface area contributed by atoms with Gasteiger partial charge in [0.25, 0.3) is 0 Å². The predicted molar refractivity (Wildman–Crippen MR) is 77.4 cm³/mol. The van der Waals surface area contributed by atoms with Gasteiger partial charge in [-0.05, 0) is 41.8 Å². The molecule has 1 unspecified atom stereocenters. The molecule has 2 rings (SSSR count). The van der Waals surface area contributed by atoms with Crippen LogP contribution >= 0.6 is 11.3 Å². The fourth-order valence-corrected chi connectivity index (χ4v) is 3.03. The highest BCUT2D eigenvalue weighted by atomic mass is 32.1. The molecular formula is C14H24N2OS. The van der Waals surface area contributed by atoms with E-state index in [1.54, 1.807) is 11.3 Å². The fraction of sp³-hybridized carbons (Fsp3) is 0.714. The van der Waals surface area contributed by atoms with Crippen LogP contribution in [-0.2, 0) is 11.2 Å². The quantitative estimate of drug-likeness (QED) is 0.766. The van der Waals surface area contributed by atoms with Crippen molar-refractivity contribution in [1.82, 2.24) is 10.2 Å². The van der Waals surface area contributed by atoms with Crippen molar-refractivity contribution in [3.8, 4) is 0 Å². The Morgan fingerprint density at radius 3 is 3.28 bits per heavy atom. The highest BCUT2D eigenvalue weighted by molar-refractivity contribution is 7.07. The first-order valence-corrected chi connectivity index (χ1v) is 7.88. The third kappa shape index (κ3) is 4.35. The van der Waals surface area contributed by atoms with Crippen LogP contribution in [0.5, 0.6) is 0 Å². The van der Waals surface area contributed by atoms with Crippen LogP contribution in [0.2, 0.25) is 0 Å². The van der Waals surface area contributed by atoms with E-state index >= 15 is 0 Å². The Bertz CT molecular complexity index is 316. The van der Waals surface area contributed by atoms with Crippen LogP contribution in [0.15, 0.2) is 16.8 Å². The highest BCUT2D eigenvalue weighted by Gasteiger charge is 2.21. The number of thiophene rings is 1. The molecule has 1 N–H and O–H groups in total. The van der Waals surface area contributed by atoms with Gasteiger partial charge >= 0.3 is 0 Å². The van der Waals surface area contributed by atoms with Crippen molar-refractivity contribution in [1.29, 1.82) is 0 Å². The summed E-state index contributed by atoms with van der Waals surface area (Å²) in [6.07, 6.45) is 2.36. The molecule has 1 atom stereocenters. The molecule has 0 radical (unpaired) electrons. The average molecular weight is 268 g/mol. The Morgan fingerprint density at radius 2 is 2.50 bits per heavy atom. The number of nitrogens with one attached hydrogen (secondary N) is 1. The summed E-state index contributed by atoms with van der Waals surface area (Å²) >= 11 is 1.79. The maximum absolute atomic E-state index is 5.60. The van der Waals surface area contributed by atoms with Crippen molar-refractivity contribution < 1.29 is 4.74 Å². The van der Waals surface area contributed by atoms with Gasteiger partial charge in [0.1, 0.15) is 0 Å². The molecule has 0 saturated carbocycles. The maximum Gasteiger partial charge on any atom is 0.0634 e. The van der Waals surface area contributed by atoms with Gasteiger partial charge in [0.2, 0.25) is 0 Å². The summed E-state index contributed by atoms with van der Waals surface area (Å²) in [5.74, 6) is 0. The van der Waals surface area contributed by atoms with E-state index in [1.165, 1.54) is 12.0 Å². The first kappa shape index (κ1) is 14.0. The molecule has 18 heavy (non-hydrogen) atoms. The van der Waals surface area contributed by atoms with E-state index in [2.05, 4.69) is 34.0 Å². The second-order valence-electron chi connectivity index (χ2n) is 4.85. The Kier molecular flexibility index (Phi) is 6.14. The molecule has 102 valence electrons. The molecule has 0 bridgehead atoms. The topological polar surface area (TPSA) is 24.5 Å². The zero-order valence-electron chi connectivity index (χ0n) is 11.2. The zero-order chi connectivity index (χ0) is 12.6. The van der Waals surface area contributed by atoms with E-state index in [9.17, 15) is 0 Å². The van der Waals surface area contributed by atoms with E-state index < -0.39 is 0 Å². The van der Waals surface area contributed by atoms with Crippen molar-refractivity contribution in [2.24, 2.45) is 0 Å². The lowest BCUT2D eigenvalue weighted by Crippen LogP contribution is -2.51. The van der Waals surface area contributed by atoms with Crippen molar-refractivity contribution >= 4 is 11.3 Å². The van der Waals surface area contributed by atoms with E-state index in [0.29, 0.717) is 6.04 Å². The van der Waals surface area contributed by atoms with Crippen LogP contribution in [-0.4, -0.2) is 50.3 Å². The van der Waals surface area contributed by atoms with E-state index in [-0.39, 0.29) is 0 Å². The van der Waals surface area contributed by atoms with Gasteiger partial charge in [-0.25, -0.2) is 0 Å². The molecule has 4 heteroatoms. The predicted octanol–water partition coefficient (Wildman–Crippen LogP) is 1.99. The summed E-state index contributed by atoms with van der Waals surface area (Å²) in [5, 5.41) is 7.92. The van der Waals surface area contributed by atoms with Gasteiger partial charge in [0, 0.05) is 25.7 Å². The van der Waals surface area contributed by atoms with E-state index in [1.807, 2.05) is 0 Å². The van der Waals surface area contributed by atoms with Crippen molar-refractivity contribution in [3.05, 3.63) is 22.4 Å². The molecule has 1 aliphatic heterocycles. The van der Waals surface area contributed by atoms with Gasteiger partial charge in [-0.15, -0.1) is 0 Å². The van der Waals surface area contributed by atoms with Crippen LogP contribution in [0.25, 0.3) is 0 Å². The molecule has 1 aromatic rings. The lowest BCUT2D eigenvalue weighted by molar-refractivity contribution is -0.00609. The van der Waals surface area contributed by atoms with Crippen molar-refractivity contribution in [3.63, 3.8) is 0 Å². The van der Waals surface area contributed by atoms with E-state index in [4.69, 9.17) is 4.74 Å². The second-order valence-corrected chi connectivity index (χ2v) is 5.63. The molecule has 3 nitrogen and oxygen atoms in total. The lowest BCUT2D eigenvalue weighted by Gasteiger charge is -2.35. The minimum atomic E-state index is 0.545. The molecule has 0 aromatic carbocycles. The van der Waals surface area contributed by atoms with Crippen LogP contribution in [0, 0.1) is 0 Å². The first-order chi connectivity index (χ1) is 8.90. The SMILES string of the molecule is CCCNCC1COCCN1CCc1ccsc1. The number of ether oxygens (including phenoxy) is 1. The first-order valence-electron chi connectivity index (χ1n) is 6.93. The summed E-state index contributed by atoms with van der Waals surface area (Å²) in [6, 6.07) is 2.78. The number of hydrogen-bond acceptors (Lipinski definition) is 4. The number of nitrogens with zero attached hydrogens (tertiary/aromatic N) is 1. The van der Waals surface area contributed by atoms with Gasteiger partial charge < -0.3 is 10.1 Å². The molecule has 0 amide bonds. The summed E-state index contributed by atoms with van der Waals surface area (Å²) in [7, 11) is 0. The Hall–Kier alpha value is -0.420. The lowest BCUT2D eigenvalue weighted by atomic mass is 10.1. The van der Waals surface area contributed by atoms with Gasteiger partial charge in [0.05, 0.1) is 13.2 Å². The van der Waals surface area contributed by atoms with Gasteiger partial charge in [-0.2, -0.15) is 11.3 Å². The number of rotatable bonds is 7. The summed E-state index contributed by atoms with van der Waals surface area (Å²) in [5.41, 5.74) is 1.46. The van der Waals surface area contributed by atoms with Gasteiger partial charge in [-0.1, -0.05) is 6.92 Å². The monoisotopic (exact) mass is 268 g/mol. The van der Waals surface area contributed by atoms with Crippen LogP contribution < -0.4 is 5.32 Å². The Morgan fingerprint density at radius 1 is 1.56 bits per heavy atom. The van der Waals surface area contributed by atoms with Crippen molar-refractivity contribution in [2.75, 3.05) is 39.4 Å². The summed E-state index contributed by atoms with van der Waals surface area (Å²) in [6.45, 7) is 8.35. The van der Waals surface area contributed by atoms with E-state index in [0.717, 1.165) is 45.8 Å². The fourth-order valence-electron chi connectivity index (χ4n) is 2.32. The van der Waals surface area contributed by atoms with Crippen molar-refractivity contribution in [2.45, 2.75) is 25.8 Å². The maximum atomic E-state index is 5.60. The summed E-state index contributed by atoms with van der Waals surface area (Å²) < 4.78 is 5.60. The normalized spacial score (nSPS) is 21.3. The molecule has 1 aliphatic rings. The smallest absolute Gasteiger partial charge is 0.0634 e. The minimum absolute atomic E-state index is 0.545. The Balaban J connectivity index is 1.76. The number of morpholine rings is 1. The molecular weight excluding hydrogens is 244 g/mol. The van der Waals surface area contributed by atoms with Gasteiger partial charge in [0.15, 0.2) is 0 Å². The van der Waals surface area contributed by atoms with Crippen LogP contribution in [0.4, 0.5) is 0 Å². The molecule has 1 saturated heterocycles. The molecule has 2 heterocycles. The molecule has 1 fully saturated rings. The van der Waals surface area contributed by atoms with Gasteiger partial charge in [-0.3, -0.25) is 4.90 Å². The van der Waals surface area contributed by atoms with Crippen LogP contribution in [0.1, 0.15) is 18.9 Å². The third-order valence-electron chi connectivity index (χ3n) is 3.42. The molecule has 1 aromatic heterocycles. The second kappa shape index (κ2) is 7.89. The molecule has 0 aliphatic carbocycles. The average Bonchev–Trinajstić information content (AvgIpc) is 2.91. The largest absolute Gasteiger partial charge is 0.378 e. The standard InChI is InChI=1S/C14H24N2OS/c1-2-5-15-10-14-11-17-8-7-16(14)6-3-13-4-9-18-12-13/h4,9,12,14-15H,2-3,5-8,10-11H2,1H3. The van der Waals surface area contributed by atoms with Crippen LogP contribution in [0.3, 0.4) is 0 Å². The number of hydrogen-bond donors (Lipinski definition) is 1. The molecule has 0 spiro atoms. The minimum Gasteiger partial charge on any atom is -0.378 e. The highest BCUT2D eigenvalue weighted by Crippen LogP contribution is 2.11. The Labute approximate surface area is 114 Å².